The molecule has 0 N–H and O–H groups in total. The fourth-order valence-electron chi connectivity index (χ4n) is 4.39. The minimum absolute atomic E-state index is 0.379. The second-order valence-corrected chi connectivity index (χ2v) is 6.94. The number of methoxy groups -OCH3 is 1. The first-order chi connectivity index (χ1) is 10.8. The van der Waals surface area contributed by atoms with Crippen LogP contribution in [0.2, 0.25) is 0 Å². The van der Waals surface area contributed by atoms with Gasteiger partial charge in [0.2, 0.25) is 0 Å². The summed E-state index contributed by atoms with van der Waals surface area (Å²) in [5.74, 6) is 1.83. The summed E-state index contributed by atoms with van der Waals surface area (Å²) >= 11 is 0. The van der Waals surface area contributed by atoms with E-state index in [9.17, 15) is 0 Å². The highest BCUT2D eigenvalue weighted by molar-refractivity contribution is 5.36. The van der Waals surface area contributed by atoms with Crippen molar-refractivity contribution in [3.63, 3.8) is 0 Å². The second-order valence-electron chi connectivity index (χ2n) is 6.94. The molecule has 1 saturated carbocycles. The van der Waals surface area contributed by atoms with Gasteiger partial charge in [0.25, 0.3) is 0 Å². The van der Waals surface area contributed by atoms with E-state index in [0.29, 0.717) is 5.41 Å². The third-order valence-electron chi connectivity index (χ3n) is 5.35. The lowest BCUT2D eigenvalue weighted by atomic mass is 9.56. The largest absolute Gasteiger partial charge is 0.497 e. The Bertz CT molecular complexity index is 629. The zero-order chi connectivity index (χ0) is 15.0. The van der Waals surface area contributed by atoms with Gasteiger partial charge in [-0.15, -0.1) is 0 Å². The Morgan fingerprint density at radius 3 is 2.45 bits per heavy atom. The molecule has 3 fully saturated rings. The highest BCUT2D eigenvalue weighted by atomic mass is 16.5. The summed E-state index contributed by atoms with van der Waals surface area (Å²) in [4.78, 5) is 2.64. The van der Waals surface area contributed by atoms with Crippen LogP contribution < -0.4 is 4.74 Å². The maximum absolute atomic E-state index is 5.29. The average Bonchev–Trinajstić information content (AvgIpc) is 2.55. The molecular weight excluding hydrogens is 270 g/mol. The van der Waals surface area contributed by atoms with E-state index in [1.807, 2.05) is 0 Å². The molecule has 0 unspecified atom stereocenters. The number of piperidine rings is 2. The zero-order valence-corrected chi connectivity index (χ0v) is 13.2. The Morgan fingerprint density at radius 2 is 1.77 bits per heavy atom. The minimum atomic E-state index is 0.379. The van der Waals surface area contributed by atoms with Gasteiger partial charge >= 0.3 is 0 Å². The van der Waals surface area contributed by atoms with E-state index in [2.05, 4.69) is 59.5 Å². The highest BCUT2D eigenvalue weighted by Gasteiger charge is 2.50. The van der Waals surface area contributed by atoms with Gasteiger partial charge in [-0.1, -0.05) is 42.5 Å². The fraction of sp³-hybridized carbons (Fsp3) is 0.400. The van der Waals surface area contributed by atoms with Crippen LogP contribution in [0.1, 0.15) is 24.0 Å². The molecule has 2 aliphatic heterocycles. The van der Waals surface area contributed by atoms with Crippen LogP contribution in [-0.4, -0.2) is 25.1 Å². The van der Waals surface area contributed by atoms with Crippen LogP contribution in [0.3, 0.4) is 0 Å². The van der Waals surface area contributed by atoms with E-state index in [1.54, 1.807) is 7.11 Å². The zero-order valence-electron chi connectivity index (χ0n) is 13.2. The molecular formula is C20H23NO. The van der Waals surface area contributed by atoms with E-state index in [-0.39, 0.29) is 0 Å². The Labute approximate surface area is 132 Å². The first kappa shape index (κ1) is 13.8. The summed E-state index contributed by atoms with van der Waals surface area (Å²) in [5, 5.41) is 0. The number of hydrogen-bond donors (Lipinski definition) is 0. The van der Waals surface area contributed by atoms with Crippen molar-refractivity contribution in [3.05, 3.63) is 65.7 Å². The molecule has 2 bridgehead atoms. The molecule has 2 heteroatoms. The third-order valence-corrected chi connectivity index (χ3v) is 5.35. The molecule has 5 rings (SSSR count). The molecule has 0 atom stereocenters. The van der Waals surface area contributed by atoms with Crippen LogP contribution in [-0.2, 0) is 12.0 Å². The van der Waals surface area contributed by atoms with Crippen LogP contribution in [0.25, 0.3) is 0 Å². The van der Waals surface area contributed by atoms with E-state index in [1.165, 1.54) is 37.1 Å². The van der Waals surface area contributed by atoms with Crippen LogP contribution in [0.5, 0.6) is 5.75 Å². The first-order valence-corrected chi connectivity index (χ1v) is 8.18. The lowest BCUT2D eigenvalue weighted by molar-refractivity contribution is -0.00803. The van der Waals surface area contributed by atoms with Gasteiger partial charge in [0.1, 0.15) is 5.75 Å². The van der Waals surface area contributed by atoms with E-state index in [4.69, 9.17) is 4.74 Å². The second kappa shape index (κ2) is 5.44. The topological polar surface area (TPSA) is 12.5 Å². The van der Waals surface area contributed by atoms with Crippen molar-refractivity contribution in [2.24, 2.45) is 5.92 Å². The summed E-state index contributed by atoms with van der Waals surface area (Å²) in [6.07, 6.45) is 2.70. The molecule has 3 aliphatic rings. The van der Waals surface area contributed by atoms with Gasteiger partial charge in [0.05, 0.1) is 7.11 Å². The van der Waals surface area contributed by atoms with Crippen LogP contribution in [0.4, 0.5) is 0 Å². The van der Waals surface area contributed by atoms with Crippen LogP contribution in [0, 0.1) is 5.92 Å². The quantitative estimate of drug-likeness (QED) is 0.849. The highest BCUT2D eigenvalue weighted by Crippen LogP contribution is 2.52. The van der Waals surface area contributed by atoms with Crippen molar-refractivity contribution in [2.75, 3.05) is 20.2 Å². The molecule has 0 amide bonds. The molecule has 2 aromatic carbocycles. The van der Waals surface area contributed by atoms with Crippen molar-refractivity contribution < 1.29 is 4.74 Å². The van der Waals surface area contributed by atoms with E-state index >= 15 is 0 Å². The molecule has 2 nitrogen and oxygen atoms in total. The van der Waals surface area contributed by atoms with Crippen molar-refractivity contribution in [2.45, 2.75) is 24.8 Å². The van der Waals surface area contributed by atoms with E-state index in [0.717, 1.165) is 18.2 Å². The SMILES string of the molecule is COc1ccc(C23CC(CN(Cc4ccccc4)C2)C3)cc1. The van der Waals surface area contributed by atoms with Gasteiger partial charge in [0.15, 0.2) is 0 Å². The third kappa shape index (κ3) is 2.42. The predicted octanol–water partition coefficient (Wildman–Crippen LogP) is 3.86. The predicted molar refractivity (Wildman–Crippen MR) is 89.1 cm³/mol. The number of nitrogens with zero attached hydrogens (tertiary/aromatic N) is 1. The number of rotatable bonds is 4. The Hall–Kier alpha value is -1.80. The van der Waals surface area contributed by atoms with E-state index < -0.39 is 0 Å². The van der Waals surface area contributed by atoms with Gasteiger partial charge < -0.3 is 4.74 Å². The number of ether oxygens (including phenoxy) is 1. The minimum Gasteiger partial charge on any atom is -0.497 e. The summed E-state index contributed by atoms with van der Waals surface area (Å²) in [5.41, 5.74) is 3.29. The Kier molecular flexibility index (Phi) is 3.42. The molecule has 114 valence electrons. The molecule has 2 aromatic rings. The van der Waals surface area contributed by atoms with Crippen LogP contribution in [0.15, 0.2) is 54.6 Å². The normalized spacial score (nSPS) is 27.2. The lowest BCUT2D eigenvalue weighted by Gasteiger charge is -2.57. The summed E-state index contributed by atoms with van der Waals surface area (Å²) in [6.45, 7) is 3.52. The molecule has 0 radical (unpaired) electrons. The maximum Gasteiger partial charge on any atom is 0.118 e. The Balaban J connectivity index is 1.51. The first-order valence-electron chi connectivity index (χ1n) is 8.18. The van der Waals surface area contributed by atoms with Crippen molar-refractivity contribution in [1.82, 2.24) is 4.90 Å². The molecule has 22 heavy (non-hydrogen) atoms. The lowest BCUT2D eigenvalue weighted by Crippen LogP contribution is -2.58. The molecule has 0 aromatic heterocycles. The summed E-state index contributed by atoms with van der Waals surface area (Å²) < 4.78 is 5.29. The van der Waals surface area contributed by atoms with Crippen molar-refractivity contribution >= 4 is 0 Å². The van der Waals surface area contributed by atoms with Crippen molar-refractivity contribution in [3.8, 4) is 5.75 Å². The van der Waals surface area contributed by atoms with Crippen molar-refractivity contribution in [1.29, 1.82) is 0 Å². The smallest absolute Gasteiger partial charge is 0.118 e. The molecule has 2 heterocycles. The fourth-order valence-corrected chi connectivity index (χ4v) is 4.39. The van der Waals surface area contributed by atoms with Crippen LogP contribution >= 0.6 is 0 Å². The van der Waals surface area contributed by atoms with Gasteiger partial charge in [-0.05, 0) is 42.0 Å². The molecule has 1 aliphatic carbocycles. The van der Waals surface area contributed by atoms with Gasteiger partial charge in [-0.25, -0.2) is 0 Å². The standard InChI is InChI=1S/C20H23NO/c1-22-19-9-7-18(8-10-19)20-11-17(12-20)14-21(15-20)13-16-5-3-2-4-6-16/h2-10,17H,11-15H2,1H3. The molecule has 2 saturated heterocycles. The van der Waals surface area contributed by atoms with Gasteiger partial charge in [-0.3, -0.25) is 4.90 Å². The Morgan fingerprint density at radius 1 is 1.05 bits per heavy atom. The number of hydrogen-bond acceptors (Lipinski definition) is 2. The summed E-state index contributed by atoms with van der Waals surface area (Å²) in [7, 11) is 1.73. The summed E-state index contributed by atoms with van der Waals surface area (Å²) in [6, 6.07) is 19.6. The number of benzene rings is 2. The monoisotopic (exact) mass is 293 g/mol. The van der Waals surface area contributed by atoms with Gasteiger partial charge in [-0.2, -0.15) is 0 Å². The van der Waals surface area contributed by atoms with Gasteiger partial charge in [0, 0.05) is 25.0 Å². The maximum atomic E-state index is 5.29. The average molecular weight is 293 g/mol. The molecule has 0 spiro atoms. The number of fused-ring (bicyclic) bond motifs is 2.